The summed E-state index contributed by atoms with van der Waals surface area (Å²) in [5.41, 5.74) is 7.76. The van der Waals surface area contributed by atoms with E-state index in [1.807, 2.05) is 19.2 Å². The van der Waals surface area contributed by atoms with Crippen LogP contribution in [0.4, 0.5) is 11.4 Å². The molecule has 1 atom stereocenters. The van der Waals surface area contributed by atoms with Gasteiger partial charge in [0.05, 0.1) is 11.7 Å². The van der Waals surface area contributed by atoms with Crippen LogP contribution in [0.25, 0.3) is 0 Å². The fraction of sp³-hybridized carbons (Fsp3) is 0.462. The smallest absolute Gasteiger partial charge is 0.101 e. The number of hydrogen-bond acceptors (Lipinski definition) is 4. The summed E-state index contributed by atoms with van der Waals surface area (Å²) in [4.78, 5) is 2.11. The van der Waals surface area contributed by atoms with Gasteiger partial charge in [0.2, 0.25) is 0 Å². The highest BCUT2D eigenvalue weighted by Crippen LogP contribution is 2.21. The Morgan fingerprint density at radius 2 is 2.41 bits per heavy atom. The van der Waals surface area contributed by atoms with E-state index in [2.05, 4.69) is 11.0 Å². The Morgan fingerprint density at radius 1 is 1.59 bits per heavy atom. The van der Waals surface area contributed by atoms with Gasteiger partial charge in [0.1, 0.15) is 6.07 Å². The lowest BCUT2D eigenvalue weighted by molar-refractivity contribution is 0.116. The van der Waals surface area contributed by atoms with Crippen LogP contribution in [0.5, 0.6) is 0 Å². The third kappa shape index (κ3) is 2.69. The number of nitriles is 1. The molecule has 2 rings (SSSR count). The number of likely N-dealkylation sites (N-methyl/N-ethyl adjacent to an activating group) is 1. The number of rotatable bonds is 3. The van der Waals surface area contributed by atoms with Crippen LogP contribution in [-0.2, 0) is 4.74 Å². The molecule has 90 valence electrons. The summed E-state index contributed by atoms with van der Waals surface area (Å²) in [6.45, 7) is 1.72. The quantitative estimate of drug-likeness (QED) is 0.805. The highest BCUT2D eigenvalue weighted by atomic mass is 16.5. The standard InChI is InChI=1S/C13H17N3O/c1-16(9-12-3-2-6-17-12)11-4-5-13(15)10(7-11)8-14/h4-5,7,12H,2-3,6,9,15H2,1H3. The Kier molecular flexibility index (Phi) is 3.50. The topological polar surface area (TPSA) is 62.3 Å². The molecule has 0 amide bonds. The Hall–Kier alpha value is -1.73. The highest BCUT2D eigenvalue weighted by molar-refractivity contribution is 5.62. The molecule has 0 saturated carbocycles. The van der Waals surface area contributed by atoms with Crippen molar-refractivity contribution in [3.63, 3.8) is 0 Å². The number of nitrogen functional groups attached to an aromatic ring is 1. The van der Waals surface area contributed by atoms with Gasteiger partial charge in [0.15, 0.2) is 0 Å². The predicted molar refractivity (Wildman–Crippen MR) is 67.8 cm³/mol. The van der Waals surface area contributed by atoms with Gasteiger partial charge in [0, 0.05) is 31.6 Å². The molecular weight excluding hydrogens is 214 g/mol. The van der Waals surface area contributed by atoms with E-state index in [0.717, 1.165) is 31.7 Å². The minimum atomic E-state index is 0.308. The summed E-state index contributed by atoms with van der Waals surface area (Å²) in [6, 6.07) is 7.64. The fourth-order valence-corrected chi connectivity index (χ4v) is 2.08. The van der Waals surface area contributed by atoms with Crippen LogP contribution in [0.15, 0.2) is 18.2 Å². The number of hydrogen-bond donors (Lipinski definition) is 1. The molecule has 0 aliphatic carbocycles. The zero-order chi connectivity index (χ0) is 12.3. The molecular formula is C13H17N3O. The normalized spacial score (nSPS) is 18.9. The van der Waals surface area contributed by atoms with Crippen molar-refractivity contribution < 1.29 is 4.74 Å². The van der Waals surface area contributed by atoms with Gasteiger partial charge in [-0.1, -0.05) is 0 Å². The molecule has 1 unspecified atom stereocenters. The minimum Gasteiger partial charge on any atom is -0.398 e. The van der Waals surface area contributed by atoms with Crippen molar-refractivity contribution in [3.8, 4) is 6.07 Å². The van der Waals surface area contributed by atoms with Gasteiger partial charge < -0.3 is 15.4 Å². The van der Waals surface area contributed by atoms with Crippen LogP contribution in [0.3, 0.4) is 0 Å². The van der Waals surface area contributed by atoms with E-state index in [1.54, 1.807) is 6.07 Å². The van der Waals surface area contributed by atoms with Crippen LogP contribution in [-0.4, -0.2) is 26.3 Å². The molecule has 1 aliphatic heterocycles. The van der Waals surface area contributed by atoms with Crippen molar-refractivity contribution in [2.75, 3.05) is 30.8 Å². The Balaban J connectivity index is 2.08. The van der Waals surface area contributed by atoms with E-state index in [0.29, 0.717) is 17.4 Å². The predicted octanol–water partition coefficient (Wildman–Crippen LogP) is 1.76. The van der Waals surface area contributed by atoms with Crippen LogP contribution < -0.4 is 10.6 Å². The van der Waals surface area contributed by atoms with E-state index >= 15 is 0 Å². The molecule has 0 bridgehead atoms. The minimum absolute atomic E-state index is 0.308. The Morgan fingerprint density at radius 3 is 3.06 bits per heavy atom. The number of benzene rings is 1. The van der Waals surface area contributed by atoms with Crippen molar-refractivity contribution >= 4 is 11.4 Å². The van der Waals surface area contributed by atoms with Crippen molar-refractivity contribution in [3.05, 3.63) is 23.8 Å². The maximum atomic E-state index is 8.94. The molecule has 0 radical (unpaired) electrons. The van der Waals surface area contributed by atoms with E-state index in [4.69, 9.17) is 15.7 Å². The SMILES string of the molecule is CN(CC1CCCO1)c1ccc(N)c(C#N)c1. The first-order chi connectivity index (χ1) is 8.20. The molecule has 1 aromatic carbocycles. The number of ether oxygens (including phenoxy) is 1. The van der Waals surface area contributed by atoms with E-state index in [1.165, 1.54) is 0 Å². The summed E-state index contributed by atoms with van der Waals surface area (Å²) < 4.78 is 5.59. The molecule has 1 fully saturated rings. The second-order valence-corrected chi connectivity index (χ2v) is 4.40. The van der Waals surface area contributed by atoms with Crippen LogP contribution >= 0.6 is 0 Å². The van der Waals surface area contributed by atoms with Crippen molar-refractivity contribution in [1.82, 2.24) is 0 Å². The molecule has 4 heteroatoms. The van der Waals surface area contributed by atoms with Gasteiger partial charge in [-0.15, -0.1) is 0 Å². The van der Waals surface area contributed by atoms with Gasteiger partial charge in [-0.25, -0.2) is 0 Å². The molecule has 17 heavy (non-hydrogen) atoms. The molecule has 1 saturated heterocycles. The molecule has 1 heterocycles. The van der Waals surface area contributed by atoms with E-state index in [9.17, 15) is 0 Å². The van der Waals surface area contributed by atoms with Crippen LogP contribution in [0, 0.1) is 11.3 Å². The number of nitrogens with zero attached hydrogens (tertiary/aromatic N) is 2. The maximum absolute atomic E-state index is 8.94. The lowest BCUT2D eigenvalue weighted by Crippen LogP contribution is -2.28. The molecule has 1 aliphatic rings. The van der Waals surface area contributed by atoms with E-state index < -0.39 is 0 Å². The summed E-state index contributed by atoms with van der Waals surface area (Å²) in [5.74, 6) is 0. The average Bonchev–Trinajstić information content (AvgIpc) is 2.82. The first-order valence-electron chi connectivity index (χ1n) is 5.83. The third-order valence-corrected chi connectivity index (χ3v) is 3.10. The van der Waals surface area contributed by atoms with Crippen molar-refractivity contribution in [1.29, 1.82) is 5.26 Å². The van der Waals surface area contributed by atoms with Crippen molar-refractivity contribution in [2.24, 2.45) is 0 Å². The van der Waals surface area contributed by atoms with Crippen LogP contribution in [0.2, 0.25) is 0 Å². The van der Waals surface area contributed by atoms with Gasteiger partial charge in [0.25, 0.3) is 0 Å². The second-order valence-electron chi connectivity index (χ2n) is 4.40. The molecule has 1 aromatic rings. The Bertz CT molecular complexity index is 433. The average molecular weight is 231 g/mol. The lowest BCUT2D eigenvalue weighted by Gasteiger charge is -2.23. The first kappa shape index (κ1) is 11.7. The molecule has 2 N–H and O–H groups in total. The largest absolute Gasteiger partial charge is 0.398 e. The van der Waals surface area contributed by atoms with Gasteiger partial charge in [-0.3, -0.25) is 0 Å². The zero-order valence-electron chi connectivity index (χ0n) is 10.0. The molecule has 0 spiro atoms. The summed E-state index contributed by atoms with van der Waals surface area (Å²) in [7, 11) is 2.01. The Labute approximate surface area is 102 Å². The van der Waals surface area contributed by atoms with Gasteiger partial charge >= 0.3 is 0 Å². The molecule has 0 aromatic heterocycles. The van der Waals surface area contributed by atoms with Crippen LogP contribution in [0.1, 0.15) is 18.4 Å². The van der Waals surface area contributed by atoms with E-state index in [-0.39, 0.29) is 0 Å². The van der Waals surface area contributed by atoms with Gasteiger partial charge in [-0.2, -0.15) is 5.26 Å². The lowest BCUT2D eigenvalue weighted by atomic mass is 10.1. The molecule has 4 nitrogen and oxygen atoms in total. The maximum Gasteiger partial charge on any atom is 0.101 e. The number of anilines is 2. The zero-order valence-corrected chi connectivity index (χ0v) is 10.0. The monoisotopic (exact) mass is 231 g/mol. The van der Waals surface area contributed by atoms with Gasteiger partial charge in [-0.05, 0) is 31.0 Å². The summed E-state index contributed by atoms with van der Waals surface area (Å²) in [6.07, 6.45) is 2.57. The first-order valence-corrected chi connectivity index (χ1v) is 5.83. The highest BCUT2D eigenvalue weighted by Gasteiger charge is 2.17. The third-order valence-electron chi connectivity index (χ3n) is 3.10. The second kappa shape index (κ2) is 5.07. The summed E-state index contributed by atoms with van der Waals surface area (Å²) >= 11 is 0. The van der Waals surface area contributed by atoms with Crippen molar-refractivity contribution in [2.45, 2.75) is 18.9 Å². The number of nitrogens with two attached hydrogens (primary N) is 1. The summed E-state index contributed by atoms with van der Waals surface area (Å²) in [5, 5.41) is 8.94. The fourth-order valence-electron chi connectivity index (χ4n) is 2.08.